The van der Waals surface area contributed by atoms with E-state index in [2.05, 4.69) is 34.3 Å². The molecular formula is C20H22N4O. The highest BCUT2D eigenvalue weighted by Crippen LogP contribution is 2.34. The number of nitrogens with two attached hydrogens (primary N) is 1. The van der Waals surface area contributed by atoms with Gasteiger partial charge in [0.15, 0.2) is 0 Å². The molecule has 1 aliphatic rings. The van der Waals surface area contributed by atoms with Gasteiger partial charge in [-0.25, -0.2) is 9.97 Å². The summed E-state index contributed by atoms with van der Waals surface area (Å²) >= 11 is 0. The van der Waals surface area contributed by atoms with Gasteiger partial charge < -0.3 is 15.8 Å². The quantitative estimate of drug-likeness (QED) is 0.662. The normalized spacial score (nSPS) is 15.1. The topological polar surface area (TPSA) is 73.1 Å². The lowest BCUT2D eigenvalue weighted by atomic mass is 10.1. The number of rotatable bonds is 6. The molecule has 1 aromatic heterocycles. The summed E-state index contributed by atoms with van der Waals surface area (Å²) in [6.07, 6.45) is 4.07. The molecule has 0 spiro atoms. The smallest absolute Gasteiger partial charge is 0.144 e. The van der Waals surface area contributed by atoms with Gasteiger partial charge in [0.25, 0.3) is 0 Å². The lowest BCUT2D eigenvalue weighted by Crippen LogP contribution is -2.09. The SMILES string of the molecule is C[C@@H](Nc1ncnc2cc(OCC3CC3)c(N)cc12)c1ccccc1. The van der Waals surface area contributed by atoms with Gasteiger partial charge in [-0.1, -0.05) is 30.3 Å². The minimum Gasteiger partial charge on any atom is -0.491 e. The van der Waals surface area contributed by atoms with Gasteiger partial charge in [0.1, 0.15) is 17.9 Å². The van der Waals surface area contributed by atoms with Crippen molar-refractivity contribution in [2.45, 2.75) is 25.8 Å². The molecule has 3 N–H and O–H groups in total. The molecule has 0 radical (unpaired) electrons. The van der Waals surface area contributed by atoms with Crippen LogP contribution in [0.4, 0.5) is 11.5 Å². The van der Waals surface area contributed by atoms with E-state index in [1.807, 2.05) is 30.3 Å². The van der Waals surface area contributed by atoms with Crippen LogP contribution in [0.3, 0.4) is 0 Å². The molecule has 0 aliphatic heterocycles. The highest BCUT2D eigenvalue weighted by Gasteiger charge is 2.22. The van der Waals surface area contributed by atoms with Crippen molar-refractivity contribution in [1.82, 2.24) is 9.97 Å². The summed E-state index contributed by atoms with van der Waals surface area (Å²) in [7, 11) is 0. The zero-order chi connectivity index (χ0) is 17.2. The molecule has 128 valence electrons. The van der Waals surface area contributed by atoms with Gasteiger partial charge in [-0.3, -0.25) is 0 Å². The largest absolute Gasteiger partial charge is 0.491 e. The zero-order valence-electron chi connectivity index (χ0n) is 14.3. The summed E-state index contributed by atoms with van der Waals surface area (Å²) in [6, 6.07) is 14.2. The van der Waals surface area contributed by atoms with Crippen molar-refractivity contribution in [3.63, 3.8) is 0 Å². The Morgan fingerprint density at radius 1 is 1.20 bits per heavy atom. The molecule has 5 heteroatoms. The first-order chi connectivity index (χ1) is 12.2. The summed E-state index contributed by atoms with van der Waals surface area (Å²) in [5, 5.41) is 4.36. The van der Waals surface area contributed by atoms with Gasteiger partial charge in [-0.2, -0.15) is 0 Å². The van der Waals surface area contributed by atoms with E-state index in [4.69, 9.17) is 10.5 Å². The van der Waals surface area contributed by atoms with E-state index in [1.54, 1.807) is 6.33 Å². The Balaban J connectivity index is 1.61. The maximum atomic E-state index is 6.20. The van der Waals surface area contributed by atoms with Crippen LogP contribution in [0.25, 0.3) is 10.9 Å². The second-order valence-electron chi connectivity index (χ2n) is 6.66. The molecule has 0 amide bonds. The molecule has 0 bridgehead atoms. The first-order valence-corrected chi connectivity index (χ1v) is 8.69. The van der Waals surface area contributed by atoms with E-state index < -0.39 is 0 Å². The third-order valence-electron chi connectivity index (χ3n) is 4.59. The average molecular weight is 334 g/mol. The molecule has 0 saturated heterocycles. The fourth-order valence-corrected chi connectivity index (χ4v) is 2.86. The molecule has 1 atom stereocenters. The molecule has 1 saturated carbocycles. The van der Waals surface area contributed by atoms with Gasteiger partial charge in [0.05, 0.1) is 17.8 Å². The van der Waals surface area contributed by atoms with Crippen molar-refractivity contribution in [1.29, 1.82) is 0 Å². The standard InChI is InChI=1S/C20H22N4O/c1-13(15-5-3-2-4-6-15)24-20-16-9-17(21)19(25-11-14-7-8-14)10-18(16)22-12-23-20/h2-6,9-10,12-14H,7-8,11,21H2,1H3,(H,22,23,24)/t13-/m1/s1. The molecule has 1 fully saturated rings. The summed E-state index contributed by atoms with van der Waals surface area (Å²) in [5.74, 6) is 2.17. The Bertz CT molecular complexity index is 878. The van der Waals surface area contributed by atoms with E-state index in [-0.39, 0.29) is 6.04 Å². The monoisotopic (exact) mass is 334 g/mol. The van der Waals surface area contributed by atoms with Crippen LogP contribution < -0.4 is 15.8 Å². The van der Waals surface area contributed by atoms with E-state index in [0.29, 0.717) is 17.4 Å². The van der Waals surface area contributed by atoms with Gasteiger partial charge in [-0.15, -0.1) is 0 Å². The molecule has 1 aliphatic carbocycles. The highest BCUT2D eigenvalue weighted by atomic mass is 16.5. The van der Waals surface area contributed by atoms with Gasteiger partial charge >= 0.3 is 0 Å². The van der Waals surface area contributed by atoms with Crippen LogP contribution in [-0.4, -0.2) is 16.6 Å². The molecule has 3 aromatic rings. The maximum absolute atomic E-state index is 6.20. The predicted octanol–water partition coefficient (Wildman–Crippen LogP) is 4.17. The number of nitrogens with zero attached hydrogens (tertiary/aromatic N) is 2. The molecule has 1 heterocycles. The first kappa shape index (κ1) is 15.7. The number of ether oxygens (including phenoxy) is 1. The van der Waals surface area contributed by atoms with E-state index in [9.17, 15) is 0 Å². The minimum atomic E-state index is 0.131. The second-order valence-corrected chi connectivity index (χ2v) is 6.66. The number of hydrogen-bond donors (Lipinski definition) is 2. The fraction of sp³-hybridized carbons (Fsp3) is 0.300. The van der Waals surface area contributed by atoms with Crippen LogP contribution in [0.1, 0.15) is 31.4 Å². The minimum absolute atomic E-state index is 0.131. The summed E-state index contributed by atoms with van der Waals surface area (Å²) in [5.41, 5.74) is 8.85. The third kappa shape index (κ3) is 3.50. The highest BCUT2D eigenvalue weighted by molar-refractivity contribution is 5.93. The number of aromatic nitrogens is 2. The Morgan fingerprint density at radius 2 is 2.00 bits per heavy atom. The summed E-state index contributed by atoms with van der Waals surface area (Å²) in [4.78, 5) is 8.79. The third-order valence-corrected chi connectivity index (χ3v) is 4.59. The van der Waals surface area contributed by atoms with Crippen molar-refractivity contribution in [3.8, 4) is 5.75 Å². The Labute approximate surface area is 147 Å². The second kappa shape index (κ2) is 6.59. The average Bonchev–Trinajstić information content (AvgIpc) is 3.46. The van der Waals surface area contributed by atoms with Crippen molar-refractivity contribution in [3.05, 3.63) is 54.4 Å². The Morgan fingerprint density at radius 3 is 2.76 bits per heavy atom. The summed E-state index contributed by atoms with van der Waals surface area (Å²) in [6.45, 7) is 2.84. The van der Waals surface area contributed by atoms with Crippen LogP contribution in [0.2, 0.25) is 0 Å². The number of hydrogen-bond acceptors (Lipinski definition) is 5. The van der Waals surface area contributed by atoms with Gasteiger partial charge in [0.2, 0.25) is 0 Å². The van der Waals surface area contributed by atoms with Crippen LogP contribution in [0.15, 0.2) is 48.8 Å². The Kier molecular flexibility index (Phi) is 4.14. The zero-order valence-corrected chi connectivity index (χ0v) is 14.3. The number of nitrogen functional groups attached to an aromatic ring is 1. The number of anilines is 2. The van der Waals surface area contributed by atoms with Gasteiger partial charge in [-0.05, 0) is 37.3 Å². The fourth-order valence-electron chi connectivity index (χ4n) is 2.86. The number of fused-ring (bicyclic) bond motifs is 1. The lowest BCUT2D eigenvalue weighted by molar-refractivity contribution is 0.301. The maximum Gasteiger partial charge on any atom is 0.144 e. The van der Waals surface area contributed by atoms with Crippen LogP contribution in [0.5, 0.6) is 5.75 Å². The molecular weight excluding hydrogens is 312 g/mol. The van der Waals surface area contributed by atoms with Crippen LogP contribution >= 0.6 is 0 Å². The van der Waals surface area contributed by atoms with Gasteiger partial charge in [0, 0.05) is 17.5 Å². The van der Waals surface area contributed by atoms with Crippen LogP contribution in [-0.2, 0) is 0 Å². The molecule has 5 nitrogen and oxygen atoms in total. The molecule has 0 unspecified atom stereocenters. The van der Waals surface area contributed by atoms with Crippen LogP contribution in [0, 0.1) is 5.92 Å². The molecule has 25 heavy (non-hydrogen) atoms. The van der Waals surface area contributed by atoms with Crippen molar-refractivity contribution in [2.24, 2.45) is 5.92 Å². The predicted molar refractivity (Wildman–Crippen MR) is 101 cm³/mol. The first-order valence-electron chi connectivity index (χ1n) is 8.69. The molecule has 4 rings (SSSR count). The summed E-state index contributed by atoms with van der Waals surface area (Å²) < 4.78 is 5.85. The lowest BCUT2D eigenvalue weighted by Gasteiger charge is -2.17. The van der Waals surface area contributed by atoms with E-state index in [1.165, 1.54) is 18.4 Å². The number of nitrogens with one attached hydrogen (secondary N) is 1. The van der Waals surface area contributed by atoms with Crippen molar-refractivity contribution in [2.75, 3.05) is 17.7 Å². The van der Waals surface area contributed by atoms with Crippen molar-refractivity contribution < 1.29 is 4.74 Å². The number of benzene rings is 2. The Hall–Kier alpha value is -2.82. The van der Waals surface area contributed by atoms with Crippen molar-refractivity contribution >= 4 is 22.4 Å². The van der Waals surface area contributed by atoms with E-state index in [0.717, 1.165) is 23.3 Å². The van der Waals surface area contributed by atoms with E-state index >= 15 is 0 Å². The molecule has 2 aromatic carbocycles.